The number of halogens is 2. The summed E-state index contributed by atoms with van der Waals surface area (Å²) in [5.74, 6) is -1.25. The molecule has 0 aliphatic heterocycles. The topological polar surface area (TPSA) is 69.9 Å². The average molecular weight is 285 g/mol. The van der Waals surface area contributed by atoms with Crippen molar-refractivity contribution in [3.05, 3.63) is 40.4 Å². The molecule has 1 heterocycles. The molecular weight excluding hydrogens is 275 g/mol. The second-order valence-corrected chi connectivity index (χ2v) is 3.99. The Balaban J connectivity index is 2.30. The molecule has 2 aromatic rings. The van der Waals surface area contributed by atoms with E-state index in [0.29, 0.717) is 0 Å². The molecule has 100 valence electrons. The number of benzene rings is 1. The number of carbonyl (C=O) groups excluding carboxylic acids is 1. The maximum atomic E-state index is 13.6. The van der Waals surface area contributed by atoms with Crippen LogP contribution in [0.4, 0.5) is 4.39 Å². The zero-order chi connectivity index (χ0) is 13.8. The van der Waals surface area contributed by atoms with Gasteiger partial charge in [-0.1, -0.05) is 17.7 Å². The van der Waals surface area contributed by atoms with Gasteiger partial charge in [-0.25, -0.2) is 13.9 Å². The van der Waals surface area contributed by atoms with Gasteiger partial charge in [0.25, 0.3) is 5.82 Å². The molecule has 0 radical (unpaired) electrons. The van der Waals surface area contributed by atoms with Gasteiger partial charge in [-0.15, -0.1) is 5.10 Å². The van der Waals surface area contributed by atoms with E-state index in [4.69, 9.17) is 16.3 Å². The highest BCUT2D eigenvalue weighted by atomic mass is 35.5. The van der Waals surface area contributed by atoms with Gasteiger partial charge in [0.05, 0.1) is 13.2 Å². The maximum absolute atomic E-state index is 13.6. The van der Waals surface area contributed by atoms with E-state index >= 15 is 0 Å². The van der Waals surface area contributed by atoms with E-state index in [1.54, 1.807) is 13.0 Å². The molecule has 0 saturated heterocycles. The highest BCUT2D eigenvalue weighted by Gasteiger charge is 2.18. The summed E-state index contributed by atoms with van der Waals surface area (Å²) >= 11 is 5.90. The van der Waals surface area contributed by atoms with Gasteiger partial charge >= 0.3 is 5.97 Å². The molecule has 0 amide bonds. The predicted molar refractivity (Wildman–Crippen MR) is 64.3 cm³/mol. The Morgan fingerprint density at radius 3 is 3.00 bits per heavy atom. The smallest absolute Gasteiger partial charge is 0.378 e. The molecule has 1 aromatic heterocycles. The monoisotopic (exact) mass is 284 g/mol. The highest BCUT2D eigenvalue weighted by molar-refractivity contribution is 6.31. The van der Waals surface area contributed by atoms with Crippen LogP contribution in [0.2, 0.25) is 5.02 Å². The lowest BCUT2D eigenvalue weighted by molar-refractivity contribution is 0.0505. The molecule has 19 heavy (non-hydrogen) atoms. The number of hydrogen-bond donors (Lipinski definition) is 0. The third-order valence-electron chi connectivity index (χ3n) is 2.36. The highest BCUT2D eigenvalue weighted by Crippen LogP contribution is 2.20. The normalized spacial score (nSPS) is 10.5. The Morgan fingerprint density at radius 2 is 2.32 bits per heavy atom. The number of tetrazole rings is 1. The van der Waals surface area contributed by atoms with Crippen LogP contribution in [0.15, 0.2) is 18.2 Å². The molecule has 6 nitrogen and oxygen atoms in total. The minimum Gasteiger partial charge on any atom is -0.460 e. The fourth-order valence-electron chi connectivity index (χ4n) is 1.49. The zero-order valence-corrected chi connectivity index (χ0v) is 10.8. The number of esters is 1. The SMILES string of the molecule is CCOC(=O)c1nnnn1Cc1c(F)cccc1Cl. The molecule has 0 saturated carbocycles. The van der Waals surface area contributed by atoms with Gasteiger partial charge in [0.2, 0.25) is 0 Å². The first-order valence-electron chi connectivity index (χ1n) is 5.49. The molecule has 0 unspecified atom stereocenters. The van der Waals surface area contributed by atoms with Crippen molar-refractivity contribution >= 4 is 17.6 Å². The second-order valence-electron chi connectivity index (χ2n) is 3.58. The third kappa shape index (κ3) is 2.87. The van der Waals surface area contributed by atoms with Crippen LogP contribution in [0.25, 0.3) is 0 Å². The first-order chi connectivity index (χ1) is 9.13. The summed E-state index contributed by atoms with van der Waals surface area (Å²) < 4.78 is 19.6. The molecule has 0 bridgehead atoms. The molecule has 0 aliphatic carbocycles. The van der Waals surface area contributed by atoms with Crippen molar-refractivity contribution in [2.75, 3.05) is 6.61 Å². The van der Waals surface area contributed by atoms with Crippen molar-refractivity contribution in [2.45, 2.75) is 13.5 Å². The lowest BCUT2D eigenvalue weighted by Crippen LogP contribution is -2.16. The average Bonchev–Trinajstić information content (AvgIpc) is 2.82. The van der Waals surface area contributed by atoms with Crippen LogP contribution in [0.1, 0.15) is 23.1 Å². The summed E-state index contributed by atoms with van der Waals surface area (Å²) in [6.07, 6.45) is 0. The van der Waals surface area contributed by atoms with E-state index in [2.05, 4.69) is 15.5 Å². The van der Waals surface area contributed by atoms with E-state index < -0.39 is 11.8 Å². The molecule has 0 spiro atoms. The van der Waals surface area contributed by atoms with Gasteiger partial charge in [-0.2, -0.15) is 0 Å². The quantitative estimate of drug-likeness (QED) is 0.799. The number of nitrogens with zero attached hydrogens (tertiary/aromatic N) is 4. The summed E-state index contributed by atoms with van der Waals surface area (Å²) in [6, 6.07) is 4.32. The lowest BCUT2D eigenvalue weighted by atomic mass is 10.2. The van der Waals surface area contributed by atoms with Crippen LogP contribution < -0.4 is 0 Å². The third-order valence-corrected chi connectivity index (χ3v) is 2.71. The van der Waals surface area contributed by atoms with Gasteiger partial charge in [-0.3, -0.25) is 0 Å². The summed E-state index contributed by atoms with van der Waals surface area (Å²) in [7, 11) is 0. The van der Waals surface area contributed by atoms with Crippen molar-refractivity contribution in [2.24, 2.45) is 0 Å². The van der Waals surface area contributed by atoms with Crippen LogP contribution in [0.3, 0.4) is 0 Å². The number of rotatable bonds is 4. The van der Waals surface area contributed by atoms with E-state index in [1.807, 2.05) is 0 Å². The molecule has 2 rings (SSSR count). The van der Waals surface area contributed by atoms with Gasteiger partial charge in [-0.05, 0) is 29.5 Å². The first kappa shape index (κ1) is 13.4. The van der Waals surface area contributed by atoms with Gasteiger partial charge in [0, 0.05) is 10.6 Å². The number of hydrogen-bond acceptors (Lipinski definition) is 5. The Bertz CT molecular complexity index is 582. The fraction of sp³-hybridized carbons (Fsp3) is 0.273. The van der Waals surface area contributed by atoms with Crippen molar-refractivity contribution in [3.63, 3.8) is 0 Å². The van der Waals surface area contributed by atoms with Gasteiger partial charge in [0.1, 0.15) is 5.82 Å². The Kier molecular flexibility index (Phi) is 4.06. The van der Waals surface area contributed by atoms with Gasteiger partial charge < -0.3 is 4.74 Å². The lowest BCUT2D eigenvalue weighted by Gasteiger charge is -2.07. The number of ether oxygens (including phenoxy) is 1. The fourth-order valence-corrected chi connectivity index (χ4v) is 1.71. The summed E-state index contributed by atoms with van der Waals surface area (Å²) in [6.45, 7) is 1.82. The van der Waals surface area contributed by atoms with E-state index in [-0.39, 0.29) is 29.6 Å². The van der Waals surface area contributed by atoms with Crippen LogP contribution in [-0.2, 0) is 11.3 Å². The molecule has 0 aliphatic rings. The minimum atomic E-state index is -0.667. The number of carbonyl (C=O) groups is 1. The van der Waals surface area contributed by atoms with E-state index in [9.17, 15) is 9.18 Å². The summed E-state index contributed by atoms with van der Waals surface area (Å²) in [4.78, 5) is 11.6. The standard InChI is InChI=1S/C11H10ClFN4O2/c1-2-19-11(18)10-14-15-16-17(10)6-7-8(12)4-3-5-9(7)13/h3-5H,2,6H2,1H3. The van der Waals surface area contributed by atoms with Gasteiger partial charge in [0.15, 0.2) is 0 Å². The molecule has 1 aromatic carbocycles. The minimum absolute atomic E-state index is 0.0490. The Morgan fingerprint density at radius 1 is 1.53 bits per heavy atom. The predicted octanol–water partition coefficient (Wildman–Crippen LogP) is 1.69. The summed E-state index contributed by atoms with van der Waals surface area (Å²) in [5.41, 5.74) is 0.210. The van der Waals surface area contributed by atoms with Crippen LogP contribution in [0.5, 0.6) is 0 Å². The van der Waals surface area contributed by atoms with Crippen LogP contribution in [-0.4, -0.2) is 32.8 Å². The zero-order valence-electron chi connectivity index (χ0n) is 10.0. The Hall–Kier alpha value is -2.02. The largest absolute Gasteiger partial charge is 0.460 e. The van der Waals surface area contributed by atoms with Crippen LogP contribution in [0, 0.1) is 5.82 Å². The molecule has 0 N–H and O–H groups in total. The van der Waals surface area contributed by atoms with E-state index in [0.717, 1.165) is 4.68 Å². The van der Waals surface area contributed by atoms with Crippen molar-refractivity contribution < 1.29 is 13.9 Å². The molecule has 0 fully saturated rings. The van der Waals surface area contributed by atoms with Crippen LogP contribution >= 0.6 is 11.6 Å². The molecule has 8 heteroatoms. The molecular formula is C11H10ClFN4O2. The molecule has 0 atom stereocenters. The Labute approximate surface area is 113 Å². The van der Waals surface area contributed by atoms with Crippen molar-refractivity contribution in [1.29, 1.82) is 0 Å². The summed E-state index contributed by atoms with van der Waals surface area (Å²) in [5, 5.41) is 10.8. The second kappa shape index (κ2) is 5.75. The maximum Gasteiger partial charge on any atom is 0.378 e. The van der Waals surface area contributed by atoms with E-state index in [1.165, 1.54) is 12.1 Å². The van der Waals surface area contributed by atoms with Crippen molar-refractivity contribution in [1.82, 2.24) is 20.2 Å². The number of aromatic nitrogens is 4. The first-order valence-corrected chi connectivity index (χ1v) is 5.87. The van der Waals surface area contributed by atoms with Crippen molar-refractivity contribution in [3.8, 4) is 0 Å².